The van der Waals surface area contributed by atoms with Crippen LogP contribution in [0.5, 0.6) is 0 Å². The Balaban J connectivity index is 1.84. The number of carbonyl (C=O) groups is 2. The molecule has 4 saturated heterocycles. The lowest BCUT2D eigenvalue weighted by molar-refractivity contribution is -0.157. The first kappa shape index (κ1) is 14.8. The highest BCUT2D eigenvalue weighted by Gasteiger charge is 2.47. The molecule has 0 aromatic heterocycles. The molecule has 2 amide bonds. The van der Waals surface area contributed by atoms with Crippen molar-refractivity contribution in [3.63, 3.8) is 0 Å². The fourth-order valence-corrected chi connectivity index (χ4v) is 4.30. The number of hydrogen-bond acceptors (Lipinski definition) is 3. The lowest BCUT2D eigenvalue weighted by Crippen LogP contribution is -2.70. The van der Waals surface area contributed by atoms with Gasteiger partial charge in [-0.2, -0.15) is 0 Å². The van der Waals surface area contributed by atoms with Crippen molar-refractivity contribution in [3.05, 3.63) is 0 Å². The quantitative estimate of drug-likeness (QED) is 0.841. The van der Waals surface area contributed by atoms with Crippen molar-refractivity contribution in [2.45, 2.75) is 64.1 Å². The molecule has 4 rings (SSSR count). The fraction of sp³-hybridized carbons (Fsp3) is 0.875. The summed E-state index contributed by atoms with van der Waals surface area (Å²) in [7, 11) is 0. The maximum Gasteiger partial charge on any atom is 0.246 e. The third-order valence-corrected chi connectivity index (χ3v) is 5.45. The molecule has 4 heterocycles. The number of fused-ring (bicyclic) bond motifs is 3. The van der Waals surface area contributed by atoms with Gasteiger partial charge in [0, 0.05) is 12.6 Å². The Kier molecular flexibility index (Phi) is 4.20. The van der Waals surface area contributed by atoms with Gasteiger partial charge in [0.15, 0.2) is 0 Å². The van der Waals surface area contributed by atoms with Crippen LogP contribution in [0.2, 0.25) is 0 Å². The molecule has 0 aromatic carbocycles. The first-order valence-corrected chi connectivity index (χ1v) is 8.50. The van der Waals surface area contributed by atoms with Crippen molar-refractivity contribution in [3.8, 4) is 0 Å². The van der Waals surface area contributed by atoms with Gasteiger partial charge in [-0.25, -0.2) is 0 Å². The van der Waals surface area contributed by atoms with Crippen molar-refractivity contribution in [1.82, 2.24) is 15.1 Å². The van der Waals surface area contributed by atoms with E-state index < -0.39 is 0 Å². The number of hydrogen-bond donors (Lipinski definition) is 1. The van der Waals surface area contributed by atoms with E-state index in [4.69, 9.17) is 0 Å². The molecule has 4 aliphatic rings. The minimum atomic E-state index is -0.305. The Labute approximate surface area is 127 Å². The first-order chi connectivity index (χ1) is 10.2. The van der Waals surface area contributed by atoms with E-state index in [1.807, 2.05) is 11.8 Å². The standard InChI is InChI=1S/C16H27N3O2/c1-3-5-12-16(21)19(13(4-2)15(20)17-12)14-10-18-8-6-11(14)7-9-18/h11-14H,3-10H2,1-2H3,(H,17,20). The second-order valence-corrected chi connectivity index (χ2v) is 6.72. The molecule has 0 saturated carbocycles. The summed E-state index contributed by atoms with van der Waals surface area (Å²) in [6.45, 7) is 7.34. The van der Waals surface area contributed by atoms with Gasteiger partial charge in [-0.1, -0.05) is 20.3 Å². The molecule has 0 radical (unpaired) electrons. The zero-order valence-electron chi connectivity index (χ0n) is 13.2. The zero-order chi connectivity index (χ0) is 15.0. The summed E-state index contributed by atoms with van der Waals surface area (Å²) in [6.07, 6.45) is 4.72. The maximum atomic E-state index is 12.9. The van der Waals surface area contributed by atoms with Crippen LogP contribution >= 0.6 is 0 Å². The summed E-state index contributed by atoms with van der Waals surface area (Å²) in [5, 5.41) is 2.94. The lowest BCUT2D eigenvalue weighted by atomic mass is 9.81. The van der Waals surface area contributed by atoms with Crippen molar-refractivity contribution in [2.75, 3.05) is 19.6 Å². The van der Waals surface area contributed by atoms with Crippen LogP contribution in [0.3, 0.4) is 0 Å². The molecule has 0 spiro atoms. The molecule has 1 N–H and O–H groups in total. The number of nitrogens with one attached hydrogen (secondary N) is 1. The highest BCUT2D eigenvalue weighted by molar-refractivity contribution is 5.97. The predicted molar refractivity (Wildman–Crippen MR) is 80.7 cm³/mol. The van der Waals surface area contributed by atoms with Crippen molar-refractivity contribution >= 4 is 11.8 Å². The monoisotopic (exact) mass is 293 g/mol. The Morgan fingerprint density at radius 1 is 1.19 bits per heavy atom. The van der Waals surface area contributed by atoms with Gasteiger partial charge in [0.1, 0.15) is 12.1 Å². The number of nitrogens with zero attached hydrogens (tertiary/aromatic N) is 2. The normalized spacial score (nSPS) is 39.5. The number of piperidine rings is 3. The van der Waals surface area contributed by atoms with Gasteiger partial charge in [0.25, 0.3) is 0 Å². The van der Waals surface area contributed by atoms with E-state index in [2.05, 4.69) is 17.1 Å². The van der Waals surface area contributed by atoms with E-state index >= 15 is 0 Å². The second kappa shape index (κ2) is 5.95. The smallest absolute Gasteiger partial charge is 0.246 e. The van der Waals surface area contributed by atoms with Crippen LogP contribution in [0.4, 0.5) is 0 Å². The molecule has 118 valence electrons. The Hall–Kier alpha value is -1.10. The molecular formula is C16H27N3O2. The van der Waals surface area contributed by atoms with Crippen molar-refractivity contribution in [2.24, 2.45) is 5.92 Å². The Bertz CT molecular complexity index is 418. The zero-order valence-corrected chi connectivity index (χ0v) is 13.2. The third-order valence-electron chi connectivity index (χ3n) is 5.45. The highest BCUT2D eigenvalue weighted by atomic mass is 16.2. The minimum Gasteiger partial charge on any atom is -0.343 e. The van der Waals surface area contributed by atoms with E-state index in [-0.39, 0.29) is 29.9 Å². The summed E-state index contributed by atoms with van der Waals surface area (Å²) in [4.78, 5) is 29.7. The summed E-state index contributed by atoms with van der Waals surface area (Å²) < 4.78 is 0. The van der Waals surface area contributed by atoms with Gasteiger partial charge in [0.2, 0.25) is 11.8 Å². The Morgan fingerprint density at radius 2 is 1.90 bits per heavy atom. The summed E-state index contributed by atoms with van der Waals surface area (Å²) in [5.74, 6) is 0.787. The molecule has 3 unspecified atom stereocenters. The molecule has 0 aliphatic carbocycles. The number of piperazine rings is 1. The lowest BCUT2D eigenvalue weighted by Gasteiger charge is -2.52. The van der Waals surface area contributed by atoms with Crippen LogP contribution in [-0.2, 0) is 9.59 Å². The van der Waals surface area contributed by atoms with Crippen LogP contribution in [-0.4, -0.2) is 59.4 Å². The van der Waals surface area contributed by atoms with Crippen LogP contribution in [0, 0.1) is 5.92 Å². The average molecular weight is 293 g/mol. The maximum absolute atomic E-state index is 12.9. The summed E-state index contributed by atoms with van der Waals surface area (Å²) in [6, 6.07) is -0.327. The molecule has 3 atom stereocenters. The SMILES string of the molecule is CCCC1NC(=O)C(CC)N(C2CN3CCC2CC3)C1=O. The van der Waals surface area contributed by atoms with Crippen molar-refractivity contribution in [1.29, 1.82) is 0 Å². The molecule has 4 aliphatic heterocycles. The summed E-state index contributed by atoms with van der Waals surface area (Å²) >= 11 is 0. The van der Waals surface area contributed by atoms with Gasteiger partial charge < -0.3 is 15.1 Å². The summed E-state index contributed by atoms with van der Waals surface area (Å²) in [5.41, 5.74) is 0. The van der Waals surface area contributed by atoms with Gasteiger partial charge in [-0.3, -0.25) is 9.59 Å². The highest BCUT2D eigenvalue weighted by Crippen LogP contribution is 2.34. The molecule has 2 bridgehead atoms. The molecule has 5 heteroatoms. The van der Waals surface area contributed by atoms with Gasteiger partial charge in [-0.05, 0) is 44.7 Å². The van der Waals surface area contributed by atoms with E-state index in [1.54, 1.807) is 0 Å². The molecule has 4 fully saturated rings. The van der Waals surface area contributed by atoms with E-state index in [0.717, 1.165) is 32.5 Å². The molecule has 5 nitrogen and oxygen atoms in total. The largest absolute Gasteiger partial charge is 0.343 e. The minimum absolute atomic E-state index is 0.0481. The topological polar surface area (TPSA) is 52.7 Å². The van der Waals surface area contributed by atoms with Crippen molar-refractivity contribution < 1.29 is 9.59 Å². The van der Waals surface area contributed by atoms with Crippen LogP contribution in [0.25, 0.3) is 0 Å². The van der Waals surface area contributed by atoms with Crippen LogP contribution in [0.15, 0.2) is 0 Å². The number of amides is 2. The predicted octanol–water partition coefficient (Wildman–Crippen LogP) is 0.986. The second-order valence-electron chi connectivity index (χ2n) is 6.72. The third kappa shape index (κ3) is 2.56. The molecular weight excluding hydrogens is 266 g/mol. The van der Waals surface area contributed by atoms with Gasteiger partial charge in [-0.15, -0.1) is 0 Å². The number of carbonyl (C=O) groups excluding carboxylic acids is 2. The Morgan fingerprint density at radius 3 is 2.43 bits per heavy atom. The average Bonchev–Trinajstić information content (AvgIpc) is 2.51. The van der Waals surface area contributed by atoms with E-state index in [9.17, 15) is 9.59 Å². The van der Waals surface area contributed by atoms with E-state index in [0.29, 0.717) is 12.3 Å². The van der Waals surface area contributed by atoms with Crippen LogP contribution in [0.1, 0.15) is 46.0 Å². The van der Waals surface area contributed by atoms with Gasteiger partial charge >= 0.3 is 0 Å². The fourth-order valence-electron chi connectivity index (χ4n) is 4.30. The van der Waals surface area contributed by atoms with Gasteiger partial charge in [0.05, 0.1) is 0 Å². The first-order valence-electron chi connectivity index (χ1n) is 8.50. The van der Waals surface area contributed by atoms with E-state index in [1.165, 1.54) is 12.8 Å². The molecule has 0 aromatic rings. The molecule has 21 heavy (non-hydrogen) atoms. The number of rotatable bonds is 4. The van der Waals surface area contributed by atoms with Crippen LogP contribution < -0.4 is 5.32 Å².